The fraction of sp³-hybridized carbons (Fsp3) is 0. The van der Waals surface area contributed by atoms with E-state index in [4.69, 9.17) is 23.2 Å². The highest BCUT2D eigenvalue weighted by Crippen LogP contribution is 2.06. The summed E-state index contributed by atoms with van der Waals surface area (Å²) in [4.78, 5) is 14.1. The van der Waals surface area contributed by atoms with Crippen LogP contribution >= 0.6 is 72.8 Å². The van der Waals surface area contributed by atoms with Crippen molar-refractivity contribution in [3.63, 3.8) is 0 Å². The Balaban J connectivity index is -0.000000125. The normalized spacial score (nSPS) is 6.71. The van der Waals surface area contributed by atoms with E-state index in [1.54, 1.807) is 0 Å². The third-order valence-corrected chi connectivity index (χ3v) is 1.40. The molecule has 0 aliphatic heterocycles. The highest BCUT2D eigenvalue weighted by Gasteiger charge is 1.99. The second-order valence-corrected chi connectivity index (χ2v) is 2.37. The van der Waals surface area contributed by atoms with E-state index in [9.17, 15) is 4.79 Å². The van der Waals surface area contributed by atoms with E-state index in [0.29, 0.717) is 10.7 Å². The van der Waals surface area contributed by atoms with Gasteiger partial charge in [0.15, 0.2) is 0 Å². The molecule has 1 heterocycles. The predicted molar refractivity (Wildman–Crippen MR) is 68.4 cm³/mol. The standard InChI is InChI=1S/C6H3Cl2NO.4ClH/c7-5-2-1-4(3-9-5)6(8)10;;;;/h1-3H;4*1H. The summed E-state index contributed by atoms with van der Waals surface area (Å²) in [5, 5.41) is -0.175. The summed E-state index contributed by atoms with van der Waals surface area (Å²) in [6.45, 7) is 0. The van der Waals surface area contributed by atoms with Crippen LogP contribution in [-0.2, 0) is 0 Å². The molecule has 0 saturated carbocycles. The first-order valence-corrected chi connectivity index (χ1v) is 3.27. The highest BCUT2D eigenvalue weighted by atomic mass is 35.5. The number of hydrogen-bond donors (Lipinski definition) is 0. The highest BCUT2D eigenvalue weighted by molar-refractivity contribution is 6.67. The molecule has 84 valence electrons. The van der Waals surface area contributed by atoms with Crippen LogP contribution in [0.4, 0.5) is 0 Å². The fourth-order valence-corrected chi connectivity index (χ4v) is 0.716. The summed E-state index contributed by atoms with van der Waals surface area (Å²) in [5.41, 5.74) is 0.353. The molecule has 14 heavy (non-hydrogen) atoms. The van der Waals surface area contributed by atoms with Crippen molar-refractivity contribution in [3.05, 3.63) is 29.0 Å². The zero-order chi connectivity index (χ0) is 7.56. The van der Waals surface area contributed by atoms with Gasteiger partial charge in [0, 0.05) is 6.20 Å². The lowest BCUT2D eigenvalue weighted by Crippen LogP contribution is -1.88. The van der Waals surface area contributed by atoms with Crippen LogP contribution in [0.2, 0.25) is 5.15 Å². The molecule has 1 rings (SSSR count). The number of hydrogen-bond acceptors (Lipinski definition) is 2. The van der Waals surface area contributed by atoms with Gasteiger partial charge < -0.3 is 0 Å². The van der Waals surface area contributed by atoms with Crippen molar-refractivity contribution < 1.29 is 4.79 Å². The average molecular weight is 322 g/mol. The topological polar surface area (TPSA) is 30.0 Å². The van der Waals surface area contributed by atoms with E-state index in [2.05, 4.69) is 4.98 Å². The minimum atomic E-state index is -0.524. The van der Waals surface area contributed by atoms with Gasteiger partial charge in [-0.05, 0) is 23.7 Å². The van der Waals surface area contributed by atoms with Crippen LogP contribution in [-0.4, -0.2) is 10.2 Å². The molecule has 0 aliphatic rings. The maximum Gasteiger partial charge on any atom is 0.253 e. The monoisotopic (exact) mass is 319 g/mol. The number of carbonyl (C=O) groups excluding carboxylic acids is 1. The molecule has 1 aromatic rings. The first-order valence-electron chi connectivity index (χ1n) is 2.51. The molecule has 0 amide bonds. The van der Waals surface area contributed by atoms with Gasteiger partial charge in [0.2, 0.25) is 0 Å². The molecule has 2 nitrogen and oxygen atoms in total. The Morgan fingerprint density at radius 3 is 1.93 bits per heavy atom. The SMILES string of the molecule is Cl.Cl.Cl.Cl.O=C(Cl)c1ccc(Cl)nc1. The van der Waals surface area contributed by atoms with Gasteiger partial charge >= 0.3 is 0 Å². The Hall–Kier alpha value is 0.560. The zero-order valence-electron chi connectivity index (χ0n) is 6.48. The summed E-state index contributed by atoms with van der Waals surface area (Å²) < 4.78 is 0. The molecule has 0 aliphatic carbocycles. The van der Waals surface area contributed by atoms with E-state index >= 15 is 0 Å². The number of halogens is 6. The van der Waals surface area contributed by atoms with Crippen LogP contribution in [0.1, 0.15) is 10.4 Å². The van der Waals surface area contributed by atoms with Crippen molar-refractivity contribution in [2.45, 2.75) is 0 Å². The molecule has 0 aromatic carbocycles. The van der Waals surface area contributed by atoms with E-state index < -0.39 is 5.24 Å². The number of nitrogens with zero attached hydrogens (tertiary/aromatic N) is 1. The third-order valence-electron chi connectivity index (χ3n) is 0.954. The molecule has 0 saturated heterocycles. The molecule has 8 heteroatoms. The van der Waals surface area contributed by atoms with E-state index in [1.807, 2.05) is 0 Å². The second kappa shape index (κ2) is 11.6. The Bertz CT molecular complexity index is 251. The Labute approximate surface area is 116 Å². The minimum absolute atomic E-state index is 0. The smallest absolute Gasteiger partial charge is 0.253 e. The summed E-state index contributed by atoms with van der Waals surface area (Å²) >= 11 is 10.6. The molecular formula is C6H7Cl6NO. The van der Waals surface area contributed by atoms with Crippen LogP contribution in [0.3, 0.4) is 0 Å². The van der Waals surface area contributed by atoms with Crippen LogP contribution < -0.4 is 0 Å². The minimum Gasteiger partial charge on any atom is -0.276 e. The van der Waals surface area contributed by atoms with Crippen molar-refractivity contribution in [2.24, 2.45) is 0 Å². The zero-order valence-corrected chi connectivity index (χ0v) is 11.3. The first kappa shape index (κ1) is 24.0. The van der Waals surface area contributed by atoms with E-state index in [0.717, 1.165) is 0 Å². The van der Waals surface area contributed by atoms with Gasteiger partial charge in [-0.15, -0.1) is 49.6 Å². The lowest BCUT2D eigenvalue weighted by molar-refractivity contribution is 0.108. The van der Waals surface area contributed by atoms with Gasteiger partial charge in [-0.1, -0.05) is 11.6 Å². The molecule has 0 fully saturated rings. The Morgan fingerprint density at radius 2 is 1.64 bits per heavy atom. The summed E-state index contributed by atoms with van der Waals surface area (Å²) in [6, 6.07) is 3.03. The fourth-order valence-electron chi connectivity index (χ4n) is 0.492. The summed E-state index contributed by atoms with van der Waals surface area (Å²) in [6.07, 6.45) is 1.33. The lowest BCUT2D eigenvalue weighted by atomic mass is 10.3. The van der Waals surface area contributed by atoms with Crippen LogP contribution in [0.15, 0.2) is 18.3 Å². The molecule has 0 N–H and O–H groups in total. The molecular weight excluding hydrogens is 315 g/mol. The van der Waals surface area contributed by atoms with Crippen molar-refractivity contribution in [1.29, 1.82) is 0 Å². The molecule has 0 radical (unpaired) electrons. The van der Waals surface area contributed by atoms with Gasteiger partial charge in [-0.3, -0.25) is 4.79 Å². The van der Waals surface area contributed by atoms with Crippen molar-refractivity contribution >= 4 is 78.1 Å². The molecule has 0 unspecified atom stereocenters. The molecule has 0 spiro atoms. The van der Waals surface area contributed by atoms with Crippen LogP contribution in [0.5, 0.6) is 0 Å². The first-order chi connectivity index (χ1) is 4.70. The quantitative estimate of drug-likeness (QED) is 0.581. The molecule has 0 atom stereocenters. The molecule has 0 bridgehead atoms. The average Bonchev–Trinajstić information content (AvgIpc) is 1.88. The van der Waals surface area contributed by atoms with Crippen molar-refractivity contribution in [2.75, 3.05) is 0 Å². The predicted octanol–water partition coefficient (Wildman–Crippen LogP) is 3.80. The van der Waals surface area contributed by atoms with Crippen LogP contribution in [0.25, 0.3) is 0 Å². The van der Waals surface area contributed by atoms with Gasteiger partial charge in [-0.2, -0.15) is 0 Å². The maximum atomic E-state index is 10.4. The molecule has 1 aromatic heterocycles. The van der Waals surface area contributed by atoms with Crippen LogP contribution in [0, 0.1) is 0 Å². The number of aromatic nitrogens is 1. The Kier molecular flexibility index (Phi) is 20.0. The van der Waals surface area contributed by atoms with Gasteiger partial charge in [0.05, 0.1) is 5.56 Å². The maximum absolute atomic E-state index is 10.4. The van der Waals surface area contributed by atoms with Gasteiger partial charge in [-0.25, -0.2) is 4.98 Å². The largest absolute Gasteiger partial charge is 0.276 e. The van der Waals surface area contributed by atoms with E-state index in [-0.39, 0.29) is 49.6 Å². The Morgan fingerprint density at radius 1 is 1.14 bits per heavy atom. The van der Waals surface area contributed by atoms with E-state index in [1.165, 1.54) is 18.3 Å². The van der Waals surface area contributed by atoms with Crippen molar-refractivity contribution in [3.8, 4) is 0 Å². The third kappa shape index (κ3) is 7.92. The lowest BCUT2D eigenvalue weighted by Gasteiger charge is -1.90. The number of carbonyl (C=O) groups is 1. The number of rotatable bonds is 1. The summed E-state index contributed by atoms with van der Waals surface area (Å²) in [5.74, 6) is 0. The van der Waals surface area contributed by atoms with Crippen molar-refractivity contribution in [1.82, 2.24) is 4.98 Å². The second-order valence-electron chi connectivity index (χ2n) is 1.64. The van der Waals surface area contributed by atoms with Gasteiger partial charge in [0.1, 0.15) is 5.15 Å². The van der Waals surface area contributed by atoms with Gasteiger partial charge in [0.25, 0.3) is 5.24 Å². The summed E-state index contributed by atoms with van der Waals surface area (Å²) in [7, 11) is 0. The number of pyridine rings is 1.